The number of aromatic nitrogens is 1. The van der Waals surface area contributed by atoms with Crippen LogP contribution < -0.4 is 10.1 Å². The maximum absolute atomic E-state index is 13.1. The molecular weight excluding hydrogens is 424 g/mol. The van der Waals surface area contributed by atoms with Gasteiger partial charge in [0.05, 0.1) is 28.8 Å². The van der Waals surface area contributed by atoms with Crippen molar-refractivity contribution in [2.24, 2.45) is 0 Å². The van der Waals surface area contributed by atoms with E-state index in [1.807, 2.05) is 30.5 Å². The molecule has 2 unspecified atom stereocenters. The van der Waals surface area contributed by atoms with Gasteiger partial charge in [-0.25, -0.2) is 16.8 Å². The predicted molar refractivity (Wildman–Crippen MR) is 116 cm³/mol. The number of benzene rings is 2. The van der Waals surface area contributed by atoms with E-state index in [-0.39, 0.29) is 16.4 Å². The van der Waals surface area contributed by atoms with Gasteiger partial charge >= 0.3 is 0 Å². The summed E-state index contributed by atoms with van der Waals surface area (Å²) in [4.78, 5) is 3.32. The van der Waals surface area contributed by atoms with Gasteiger partial charge in [-0.1, -0.05) is 18.2 Å². The van der Waals surface area contributed by atoms with Crippen molar-refractivity contribution in [3.63, 3.8) is 0 Å². The summed E-state index contributed by atoms with van der Waals surface area (Å²) in [5, 5.41) is 3.29. The molecule has 1 aliphatic rings. The van der Waals surface area contributed by atoms with Crippen LogP contribution in [-0.4, -0.2) is 58.3 Å². The minimum absolute atomic E-state index is 0.105. The molecule has 1 saturated heterocycles. The van der Waals surface area contributed by atoms with Gasteiger partial charge in [0.1, 0.15) is 5.75 Å². The van der Waals surface area contributed by atoms with Gasteiger partial charge in [-0.05, 0) is 48.9 Å². The highest BCUT2D eigenvalue weighted by molar-refractivity contribution is 7.96. The van der Waals surface area contributed by atoms with Gasteiger partial charge in [-0.3, -0.25) is 0 Å². The van der Waals surface area contributed by atoms with Crippen LogP contribution in [0.2, 0.25) is 0 Å². The first-order chi connectivity index (χ1) is 14.3. The van der Waals surface area contributed by atoms with Gasteiger partial charge < -0.3 is 15.0 Å². The van der Waals surface area contributed by atoms with E-state index < -0.39 is 31.0 Å². The van der Waals surface area contributed by atoms with Gasteiger partial charge in [0.15, 0.2) is 19.7 Å². The van der Waals surface area contributed by atoms with Crippen LogP contribution in [0.25, 0.3) is 10.9 Å². The number of hydrogen-bond acceptors (Lipinski definition) is 6. The molecular formula is C21H24N2O5S2. The zero-order chi connectivity index (χ0) is 21.4. The molecule has 0 aliphatic carbocycles. The Morgan fingerprint density at radius 2 is 1.83 bits per heavy atom. The number of ether oxygens (including phenoxy) is 1. The third kappa shape index (κ3) is 4.10. The summed E-state index contributed by atoms with van der Waals surface area (Å²) in [6, 6.07) is 13.3. The van der Waals surface area contributed by atoms with Crippen molar-refractivity contribution >= 4 is 30.6 Å². The Balaban J connectivity index is 1.50. The number of methoxy groups -OCH3 is 1. The van der Waals surface area contributed by atoms with Crippen molar-refractivity contribution in [1.82, 2.24) is 10.3 Å². The van der Waals surface area contributed by atoms with E-state index in [0.717, 1.165) is 16.5 Å². The summed E-state index contributed by atoms with van der Waals surface area (Å²) in [5.74, 6) is -0.00560. The van der Waals surface area contributed by atoms with Crippen molar-refractivity contribution in [3.05, 3.63) is 60.3 Å². The molecule has 1 aliphatic heterocycles. The Morgan fingerprint density at radius 1 is 1.10 bits per heavy atom. The molecule has 0 spiro atoms. The smallest absolute Gasteiger partial charge is 0.183 e. The van der Waals surface area contributed by atoms with E-state index in [2.05, 4.69) is 10.3 Å². The Morgan fingerprint density at radius 3 is 2.57 bits per heavy atom. The summed E-state index contributed by atoms with van der Waals surface area (Å²) < 4.78 is 55.9. The molecule has 3 aromatic rings. The van der Waals surface area contributed by atoms with E-state index in [1.54, 1.807) is 12.1 Å². The number of hydrogen-bond donors (Lipinski definition) is 2. The van der Waals surface area contributed by atoms with E-state index in [4.69, 9.17) is 4.74 Å². The normalized spacial score (nSPS) is 21.1. The minimum Gasteiger partial charge on any atom is -0.497 e. The fourth-order valence-electron chi connectivity index (χ4n) is 3.98. The van der Waals surface area contributed by atoms with Gasteiger partial charge in [0, 0.05) is 23.1 Å². The van der Waals surface area contributed by atoms with E-state index >= 15 is 0 Å². The Bertz CT molecular complexity index is 1250. The lowest BCUT2D eigenvalue weighted by atomic mass is 10.1. The molecule has 2 atom stereocenters. The van der Waals surface area contributed by atoms with Crippen LogP contribution in [0.5, 0.6) is 5.75 Å². The van der Waals surface area contributed by atoms with Crippen LogP contribution in [0.15, 0.2) is 59.6 Å². The highest BCUT2D eigenvalue weighted by Gasteiger charge is 2.45. The number of sulfone groups is 2. The second-order valence-electron chi connectivity index (χ2n) is 7.51. The SMILES string of the molecule is COc1ccc(S(=O)(=O)C2CS(=O)(=O)CC2NCCc2c[nH]c3ccccc23)cc1. The van der Waals surface area contributed by atoms with Crippen LogP contribution in [-0.2, 0) is 26.1 Å². The second kappa shape index (κ2) is 8.05. The number of para-hydroxylation sites is 1. The monoisotopic (exact) mass is 448 g/mol. The summed E-state index contributed by atoms with van der Waals surface area (Å²) in [6.07, 6.45) is 2.60. The van der Waals surface area contributed by atoms with Crippen molar-refractivity contribution in [1.29, 1.82) is 0 Å². The third-order valence-electron chi connectivity index (χ3n) is 5.56. The number of rotatable bonds is 7. The minimum atomic E-state index is -3.81. The fourth-order valence-corrected chi connectivity index (χ4v) is 8.70. The van der Waals surface area contributed by atoms with Crippen molar-refractivity contribution in [3.8, 4) is 5.75 Å². The summed E-state index contributed by atoms with van der Waals surface area (Å²) in [6.45, 7) is 0.483. The number of H-pyrrole nitrogens is 1. The van der Waals surface area contributed by atoms with Crippen LogP contribution in [0.1, 0.15) is 5.56 Å². The molecule has 0 bridgehead atoms. The Hall–Kier alpha value is -2.36. The van der Waals surface area contributed by atoms with Crippen LogP contribution >= 0.6 is 0 Å². The van der Waals surface area contributed by atoms with E-state index in [0.29, 0.717) is 18.7 Å². The zero-order valence-electron chi connectivity index (χ0n) is 16.5. The molecule has 9 heteroatoms. The molecule has 2 aromatic carbocycles. The lowest BCUT2D eigenvalue weighted by Gasteiger charge is -2.20. The van der Waals surface area contributed by atoms with E-state index in [9.17, 15) is 16.8 Å². The molecule has 1 fully saturated rings. The van der Waals surface area contributed by atoms with E-state index in [1.165, 1.54) is 19.2 Å². The quantitative estimate of drug-likeness (QED) is 0.572. The van der Waals surface area contributed by atoms with Crippen LogP contribution in [0.3, 0.4) is 0 Å². The van der Waals surface area contributed by atoms with Gasteiger partial charge in [0.2, 0.25) is 0 Å². The highest BCUT2D eigenvalue weighted by atomic mass is 32.2. The average molecular weight is 449 g/mol. The van der Waals surface area contributed by atoms with Gasteiger partial charge in [-0.2, -0.15) is 0 Å². The van der Waals surface area contributed by atoms with Gasteiger partial charge in [-0.15, -0.1) is 0 Å². The Kier molecular flexibility index (Phi) is 5.61. The number of aromatic amines is 1. The zero-order valence-corrected chi connectivity index (χ0v) is 18.2. The molecule has 2 heterocycles. The first-order valence-electron chi connectivity index (χ1n) is 9.67. The molecule has 0 saturated carbocycles. The lowest BCUT2D eigenvalue weighted by Crippen LogP contribution is -2.44. The highest BCUT2D eigenvalue weighted by Crippen LogP contribution is 2.27. The average Bonchev–Trinajstić information content (AvgIpc) is 3.28. The first kappa shape index (κ1) is 20.9. The standard InChI is InChI=1S/C21H24N2O5S2/c1-28-16-6-8-17(9-7-16)30(26,27)21-14-29(24,25)13-20(21)22-11-10-15-12-23-19-5-3-2-4-18(15)19/h2-9,12,20-23H,10-11,13-14H2,1H3. The molecule has 160 valence electrons. The Labute approximate surface area is 176 Å². The lowest BCUT2D eigenvalue weighted by molar-refractivity contribution is 0.414. The fraction of sp³-hybridized carbons (Fsp3) is 0.333. The largest absolute Gasteiger partial charge is 0.497 e. The predicted octanol–water partition coefficient (Wildman–Crippen LogP) is 1.95. The maximum atomic E-state index is 13.1. The number of fused-ring (bicyclic) bond motifs is 1. The van der Waals surface area contributed by atoms with Crippen LogP contribution in [0, 0.1) is 0 Å². The molecule has 2 N–H and O–H groups in total. The molecule has 0 amide bonds. The van der Waals surface area contributed by atoms with Crippen molar-refractivity contribution < 1.29 is 21.6 Å². The topological polar surface area (TPSA) is 105 Å². The first-order valence-corrected chi connectivity index (χ1v) is 13.0. The summed E-state index contributed by atoms with van der Waals surface area (Å²) in [7, 11) is -5.75. The number of nitrogens with one attached hydrogen (secondary N) is 2. The molecule has 4 rings (SSSR count). The van der Waals surface area contributed by atoms with Crippen LogP contribution in [0.4, 0.5) is 0 Å². The summed E-state index contributed by atoms with van der Waals surface area (Å²) in [5.41, 5.74) is 2.14. The molecule has 7 nitrogen and oxygen atoms in total. The van der Waals surface area contributed by atoms with Crippen molar-refractivity contribution in [2.45, 2.75) is 22.6 Å². The van der Waals surface area contributed by atoms with Crippen molar-refractivity contribution in [2.75, 3.05) is 25.2 Å². The van der Waals surface area contributed by atoms with Gasteiger partial charge in [0.25, 0.3) is 0 Å². The molecule has 0 radical (unpaired) electrons. The second-order valence-corrected chi connectivity index (χ2v) is 11.8. The summed E-state index contributed by atoms with van der Waals surface area (Å²) >= 11 is 0. The molecule has 30 heavy (non-hydrogen) atoms. The maximum Gasteiger partial charge on any atom is 0.183 e. The third-order valence-corrected chi connectivity index (χ3v) is 9.73. The molecule has 1 aromatic heterocycles.